The summed E-state index contributed by atoms with van der Waals surface area (Å²) in [5.41, 5.74) is 6.11. The van der Waals surface area contributed by atoms with E-state index in [4.69, 9.17) is 0 Å². The standard InChI is InChI=1S/C12H14N4O2/c17-16(18)12-7-10-3-1-2-9(10)6-11(12)14-15-5-4-13-8-15/h6-8,14H,1-5H2. The topological polar surface area (TPSA) is 70.8 Å². The van der Waals surface area contributed by atoms with Crippen LogP contribution in [0.1, 0.15) is 17.5 Å². The highest BCUT2D eigenvalue weighted by molar-refractivity contribution is 5.68. The third-order valence-corrected chi connectivity index (χ3v) is 3.36. The smallest absolute Gasteiger partial charge is 0.291 e. The molecule has 0 unspecified atom stereocenters. The fourth-order valence-corrected chi connectivity index (χ4v) is 2.47. The predicted octanol–water partition coefficient (Wildman–Crippen LogP) is 1.75. The van der Waals surface area contributed by atoms with Crippen LogP contribution in [0.4, 0.5) is 11.4 Å². The molecule has 1 heterocycles. The highest BCUT2D eigenvalue weighted by Crippen LogP contribution is 2.33. The van der Waals surface area contributed by atoms with Gasteiger partial charge in [0.05, 0.1) is 18.0 Å². The van der Waals surface area contributed by atoms with Crippen molar-refractivity contribution < 1.29 is 4.92 Å². The number of nitro groups is 1. The van der Waals surface area contributed by atoms with Crippen molar-refractivity contribution in [3.8, 4) is 0 Å². The monoisotopic (exact) mass is 246 g/mol. The lowest BCUT2D eigenvalue weighted by Gasteiger charge is -2.17. The summed E-state index contributed by atoms with van der Waals surface area (Å²) < 4.78 is 0. The number of hydrogen-bond acceptors (Lipinski definition) is 5. The molecule has 18 heavy (non-hydrogen) atoms. The second kappa shape index (κ2) is 4.29. The average Bonchev–Trinajstić information content (AvgIpc) is 2.97. The maximum absolute atomic E-state index is 11.1. The molecule has 0 aromatic heterocycles. The first kappa shape index (κ1) is 11.0. The minimum atomic E-state index is -0.325. The van der Waals surface area contributed by atoms with Crippen LogP contribution in [0.5, 0.6) is 0 Å². The number of nitrogens with one attached hydrogen (secondary N) is 1. The molecule has 2 aliphatic rings. The molecule has 6 nitrogen and oxygen atoms in total. The zero-order valence-electron chi connectivity index (χ0n) is 9.93. The second-order valence-electron chi connectivity index (χ2n) is 4.58. The number of aryl methyl sites for hydroxylation is 2. The van der Waals surface area contributed by atoms with Crippen molar-refractivity contribution >= 4 is 17.7 Å². The molecular weight excluding hydrogens is 232 g/mol. The first-order valence-corrected chi connectivity index (χ1v) is 6.07. The van der Waals surface area contributed by atoms with Crippen molar-refractivity contribution in [1.29, 1.82) is 0 Å². The molecular formula is C12H14N4O2. The van der Waals surface area contributed by atoms with Crippen molar-refractivity contribution in [2.45, 2.75) is 19.3 Å². The van der Waals surface area contributed by atoms with Crippen LogP contribution in [0.3, 0.4) is 0 Å². The van der Waals surface area contributed by atoms with Crippen LogP contribution in [0, 0.1) is 10.1 Å². The molecule has 0 saturated carbocycles. The van der Waals surface area contributed by atoms with E-state index < -0.39 is 0 Å². The molecule has 0 spiro atoms. The molecule has 1 N–H and O–H groups in total. The fourth-order valence-electron chi connectivity index (χ4n) is 2.47. The van der Waals surface area contributed by atoms with Crippen molar-refractivity contribution in [3.05, 3.63) is 33.4 Å². The third kappa shape index (κ3) is 1.90. The number of fused-ring (bicyclic) bond motifs is 1. The van der Waals surface area contributed by atoms with Gasteiger partial charge in [0.1, 0.15) is 12.0 Å². The maximum Gasteiger partial charge on any atom is 0.294 e. The Kier molecular flexibility index (Phi) is 2.62. The Labute approximate surface area is 104 Å². The Morgan fingerprint density at radius 2 is 2.11 bits per heavy atom. The molecule has 94 valence electrons. The van der Waals surface area contributed by atoms with Gasteiger partial charge in [0.25, 0.3) is 5.69 Å². The number of hydrogen-bond donors (Lipinski definition) is 1. The van der Waals surface area contributed by atoms with E-state index in [0.717, 1.165) is 37.9 Å². The van der Waals surface area contributed by atoms with Gasteiger partial charge >= 0.3 is 0 Å². The van der Waals surface area contributed by atoms with Gasteiger partial charge in [-0.25, -0.2) is 0 Å². The quantitative estimate of drug-likeness (QED) is 0.651. The largest absolute Gasteiger partial charge is 0.294 e. The zero-order chi connectivity index (χ0) is 12.5. The van der Waals surface area contributed by atoms with Crippen LogP contribution in [-0.4, -0.2) is 29.4 Å². The maximum atomic E-state index is 11.1. The first-order chi connectivity index (χ1) is 8.74. The Hall–Kier alpha value is -2.11. The second-order valence-corrected chi connectivity index (χ2v) is 4.58. The van der Waals surface area contributed by atoms with Gasteiger partial charge in [0.15, 0.2) is 0 Å². The average molecular weight is 246 g/mol. The molecule has 0 fully saturated rings. The van der Waals surface area contributed by atoms with E-state index in [0.29, 0.717) is 5.69 Å². The third-order valence-electron chi connectivity index (χ3n) is 3.36. The molecule has 1 aromatic carbocycles. The Morgan fingerprint density at radius 1 is 1.33 bits per heavy atom. The first-order valence-electron chi connectivity index (χ1n) is 6.07. The summed E-state index contributed by atoms with van der Waals surface area (Å²) in [6.07, 6.45) is 4.72. The molecule has 1 aromatic rings. The lowest BCUT2D eigenvalue weighted by molar-refractivity contribution is -0.384. The summed E-state index contributed by atoms with van der Waals surface area (Å²) in [4.78, 5) is 14.9. The molecule has 3 rings (SSSR count). The number of benzene rings is 1. The van der Waals surface area contributed by atoms with Crippen LogP contribution in [0.25, 0.3) is 0 Å². The molecule has 0 amide bonds. The van der Waals surface area contributed by atoms with Crippen LogP contribution >= 0.6 is 0 Å². The number of nitro benzene ring substituents is 1. The van der Waals surface area contributed by atoms with E-state index in [-0.39, 0.29) is 10.6 Å². The van der Waals surface area contributed by atoms with Crippen LogP contribution in [-0.2, 0) is 12.8 Å². The van der Waals surface area contributed by atoms with E-state index in [9.17, 15) is 10.1 Å². The minimum absolute atomic E-state index is 0.149. The lowest BCUT2D eigenvalue weighted by atomic mass is 10.1. The van der Waals surface area contributed by atoms with E-state index in [1.807, 2.05) is 6.07 Å². The number of aliphatic imine (C=N–C) groups is 1. The lowest BCUT2D eigenvalue weighted by Crippen LogP contribution is -2.27. The summed E-state index contributed by atoms with van der Waals surface area (Å²) in [5, 5.41) is 12.9. The van der Waals surface area contributed by atoms with E-state index >= 15 is 0 Å². The molecule has 6 heteroatoms. The number of nitrogens with zero attached hydrogens (tertiary/aromatic N) is 3. The van der Waals surface area contributed by atoms with Gasteiger partial charge in [0.2, 0.25) is 0 Å². The molecule has 0 atom stereocenters. The summed E-state index contributed by atoms with van der Waals surface area (Å²) in [6, 6.07) is 3.62. The van der Waals surface area contributed by atoms with Gasteiger partial charge in [-0.3, -0.25) is 25.5 Å². The van der Waals surface area contributed by atoms with Crippen LogP contribution in [0.15, 0.2) is 17.1 Å². The normalized spacial score (nSPS) is 17.0. The molecule has 0 radical (unpaired) electrons. The summed E-state index contributed by atoms with van der Waals surface area (Å²) in [5.74, 6) is 0. The van der Waals surface area contributed by atoms with Crippen molar-refractivity contribution in [2.24, 2.45) is 4.99 Å². The SMILES string of the molecule is O=[N+]([O-])c1cc2c(cc1NN1C=NCC1)CCC2. The molecule has 1 aliphatic heterocycles. The van der Waals surface area contributed by atoms with Crippen LogP contribution < -0.4 is 5.43 Å². The van der Waals surface area contributed by atoms with Gasteiger partial charge in [-0.1, -0.05) is 0 Å². The zero-order valence-corrected chi connectivity index (χ0v) is 9.93. The highest BCUT2D eigenvalue weighted by atomic mass is 16.6. The van der Waals surface area contributed by atoms with Crippen molar-refractivity contribution in [2.75, 3.05) is 18.5 Å². The Morgan fingerprint density at radius 3 is 2.78 bits per heavy atom. The van der Waals surface area contributed by atoms with Gasteiger partial charge in [0, 0.05) is 6.07 Å². The van der Waals surface area contributed by atoms with Gasteiger partial charge < -0.3 is 0 Å². The number of rotatable bonds is 3. The minimum Gasteiger partial charge on any atom is -0.291 e. The molecule has 1 aliphatic carbocycles. The number of anilines is 1. The highest BCUT2D eigenvalue weighted by Gasteiger charge is 2.22. The molecule has 0 bridgehead atoms. The number of hydrazine groups is 1. The van der Waals surface area contributed by atoms with E-state index in [2.05, 4.69) is 10.4 Å². The van der Waals surface area contributed by atoms with Crippen molar-refractivity contribution in [1.82, 2.24) is 5.01 Å². The van der Waals surface area contributed by atoms with Crippen LogP contribution in [0.2, 0.25) is 0 Å². The van der Waals surface area contributed by atoms with E-state index in [1.54, 1.807) is 17.4 Å². The van der Waals surface area contributed by atoms with E-state index in [1.165, 1.54) is 5.56 Å². The van der Waals surface area contributed by atoms with Gasteiger partial charge in [-0.15, -0.1) is 0 Å². The van der Waals surface area contributed by atoms with Gasteiger partial charge in [-0.05, 0) is 36.5 Å². The summed E-state index contributed by atoms with van der Waals surface area (Å²) >= 11 is 0. The van der Waals surface area contributed by atoms with Gasteiger partial charge in [-0.2, -0.15) is 0 Å². The predicted molar refractivity (Wildman–Crippen MR) is 68.8 cm³/mol. The Balaban J connectivity index is 1.95. The van der Waals surface area contributed by atoms with Crippen molar-refractivity contribution in [3.63, 3.8) is 0 Å². The fraction of sp³-hybridized carbons (Fsp3) is 0.417. The summed E-state index contributed by atoms with van der Waals surface area (Å²) in [6.45, 7) is 1.47. The summed E-state index contributed by atoms with van der Waals surface area (Å²) in [7, 11) is 0. The Bertz CT molecular complexity index is 527. The molecule has 0 saturated heterocycles.